The molecule has 1 heterocycles. The quantitative estimate of drug-likeness (QED) is 0.564. The van der Waals surface area contributed by atoms with Gasteiger partial charge >= 0.3 is 0 Å². The van der Waals surface area contributed by atoms with Crippen molar-refractivity contribution in [3.05, 3.63) is 23.1 Å². The molecule has 4 N–H and O–H groups in total. The van der Waals surface area contributed by atoms with Gasteiger partial charge in [0, 0.05) is 22.6 Å². The molecule has 2 rings (SSSR count). The highest BCUT2D eigenvalue weighted by Crippen LogP contribution is 2.34. The monoisotopic (exact) mass is 212 g/mol. The lowest BCUT2D eigenvalue weighted by Crippen LogP contribution is -1.95. The largest absolute Gasteiger partial charge is 0.398 e. The standard InChI is InChI=1S/C9H9ClN2S/c10-4-5-3-7(11)9-6(8(5)12)1-2-13-9/h1-3H,4,11-12H2. The number of alkyl halides is 1. The van der Waals surface area contributed by atoms with Crippen LogP contribution in [-0.4, -0.2) is 0 Å². The average molecular weight is 213 g/mol. The summed E-state index contributed by atoms with van der Waals surface area (Å²) in [6.45, 7) is 0. The second kappa shape index (κ2) is 3.09. The molecule has 0 amide bonds. The Bertz CT molecular complexity index is 450. The number of nitrogen functional groups attached to an aromatic ring is 2. The zero-order chi connectivity index (χ0) is 9.42. The molecule has 0 aliphatic heterocycles. The lowest BCUT2D eigenvalue weighted by Gasteiger charge is -2.05. The third kappa shape index (κ3) is 1.24. The number of hydrogen-bond donors (Lipinski definition) is 2. The van der Waals surface area contributed by atoms with Gasteiger partial charge < -0.3 is 11.5 Å². The van der Waals surface area contributed by atoms with Gasteiger partial charge in [-0.2, -0.15) is 0 Å². The van der Waals surface area contributed by atoms with Crippen LogP contribution in [0.3, 0.4) is 0 Å². The van der Waals surface area contributed by atoms with Crippen LogP contribution in [0, 0.1) is 0 Å². The molecule has 13 heavy (non-hydrogen) atoms. The van der Waals surface area contributed by atoms with Crippen LogP contribution in [0.1, 0.15) is 5.56 Å². The molecular weight excluding hydrogens is 204 g/mol. The van der Waals surface area contributed by atoms with Crippen molar-refractivity contribution in [2.75, 3.05) is 11.5 Å². The Balaban J connectivity index is 2.85. The molecule has 0 saturated heterocycles. The Kier molecular flexibility index (Phi) is 2.06. The normalized spacial score (nSPS) is 10.8. The van der Waals surface area contributed by atoms with Gasteiger partial charge in [-0.15, -0.1) is 22.9 Å². The third-order valence-electron chi connectivity index (χ3n) is 2.04. The minimum absolute atomic E-state index is 0.405. The van der Waals surface area contributed by atoms with Crippen molar-refractivity contribution in [2.24, 2.45) is 0 Å². The number of thiophene rings is 1. The van der Waals surface area contributed by atoms with Gasteiger partial charge in [-0.25, -0.2) is 0 Å². The first kappa shape index (κ1) is 8.66. The number of hydrogen-bond acceptors (Lipinski definition) is 3. The highest BCUT2D eigenvalue weighted by Gasteiger charge is 2.07. The van der Waals surface area contributed by atoms with Gasteiger partial charge in [0.1, 0.15) is 0 Å². The summed E-state index contributed by atoms with van der Waals surface area (Å²) < 4.78 is 1.05. The van der Waals surface area contributed by atoms with Crippen molar-refractivity contribution in [3.63, 3.8) is 0 Å². The van der Waals surface area contributed by atoms with E-state index in [1.54, 1.807) is 11.3 Å². The number of anilines is 2. The maximum Gasteiger partial charge on any atom is 0.0593 e. The van der Waals surface area contributed by atoms with Crippen molar-refractivity contribution in [2.45, 2.75) is 5.88 Å². The number of nitrogens with two attached hydrogens (primary N) is 2. The summed E-state index contributed by atoms with van der Waals surface area (Å²) >= 11 is 7.34. The molecule has 0 saturated carbocycles. The molecule has 0 radical (unpaired) electrons. The summed E-state index contributed by atoms with van der Waals surface area (Å²) in [6, 6.07) is 3.82. The van der Waals surface area contributed by atoms with Crippen molar-refractivity contribution >= 4 is 44.4 Å². The second-order valence-electron chi connectivity index (χ2n) is 2.84. The van der Waals surface area contributed by atoms with E-state index >= 15 is 0 Å². The summed E-state index contributed by atoms with van der Waals surface area (Å²) in [5.74, 6) is 0.405. The maximum absolute atomic E-state index is 5.91. The van der Waals surface area contributed by atoms with E-state index in [9.17, 15) is 0 Å². The van der Waals surface area contributed by atoms with Crippen LogP contribution < -0.4 is 11.5 Å². The Hall–Kier alpha value is -0.930. The molecule has 0 aliphatic rings. The lowest BCUT2D eigenvalue weighted by atomic mass is 10.1. The van der Waals surface area contributed by atoms with E-state index < -0.39 is 0 Å². The Morgan fingerprint density at radius 3 is 2.85 bits per heavy atom. The number of halogens is 1. The van der Waals surface area contributed by atoms with Crippen molar-refractivity contribution < 1.29 is 0 Å². The first-order chi connectivity index (χ1) is 6.24. The van der Waals surface area contributed by atoms with Gasteiger partial charge in [-0.1, -0.05) is 0 Å². The van der Waals surface area contributed by atoms with E-state index in [1.165, 1.54) is 0 Å². The van der Waals surface area contributed by atoms with Crippen LogP contribution in [0.25, 0.3) is 10.1 Å². The first-order valence-electron chi connectivity index (χ1n) is 3.84. The highest BCUT2D eigenvalue weighted by atomic mass is 35.5. The summed E-state index contributed by atoms with van der Waals surface area (Å²) in [7, 11) is 0. The fourth-order valence-corrected chi connectivity index (χ4v) is 2.42. The highest BCUT2D eigenvalue weighted by molar-refractivity contribution is 7.18. The van der Waals surface area contributed by atoms with E-state index in [0.717, 1.165) is 27.0 Å². The summed E-state index contributed by atoms with van der Waals surface area (Å²) in [4.78, 5) is 0. The van der Waals surface area contributed by atoms with Crippen LogP contribution in [0.2, 0.25) is 0 Å². The zero-order valence-corrected chi connectivity index (χ0v) is 8.45. The first-order valence-corrected chi connectivity index (χ1v) is 5.25. The van der Waals surface area contributed by atoms with Gasteiger partial charge in [0.15, 0.2) is 0 Å². The molecule has 0 spiro atoms. The smallest absolute Gasteiger partial charge is 0.0593 e. The number of fused-ring (bicyclic) bond motifs is 1. The van der Waals surface area contributed by atoms with Crippen molar-refractivity contribution in [1.29, 1.82) is 0 Å². The van der Waals surface area contributed by atoms with Crippen LogP contribution in [0.15, 0.2) is 17.5 Å². The minimum Gasteiger partial charge on any atom is -0.398 e. The second-order valence-corrected chi connectivity index (χ2v) is 4.02. The van der Waals surface area contributed by atoms with Crippen LogP contribution in [0.4, 0.5) is 11.4 Å². The fourth-order valence-electron chi connectivity index (χ4n) is 1.36. The van der Waals surface area contributed by atoms with Crippen LogP contribution in [-0.2, 0) is 5.88 Å². The lowest BCUT2D eigenvalue weighted by molar-refractivity contribution is 1.43. The third-order valence-corrected chi connectivity index (χ3v) is 3.29. The van der Waals surface area contributed by atoms with Gasteiger partial charge in [0.05, 0.1) is 4.70 Å². The summed E-state index contributed by atoms with van der Waals surface area (Å²) in [5, 5.41) is 3.00. The molecule has 2 aromatic rings. The Morgan fingerprint density at radius 1 is 1.38 bits per heavy atom. The fraction of sp³-hybridized carbons (Fsp3) is 0.111. The predicted octanol–water partition coefficient (Wildman–Crippen LogP) is 2.80. The SMILES string of the molecule is Nc1c(CCl)cc(N)c2sccc12. The van der Waals surface area contributed by atoms with E-state index in [0.29, 0.717) is 5.88 Å². The van der Waals surface area contributed by atoms with E-state index in [-0.39, 0.29) is 0 Å². The van der Waals surface area contributed by atoms with Crippen LogP contribution >= 0.6 is 22.9 Å². The average Bonchev–Trinajstić information content (AvgIpc) is 2.60. The predicted molar refractivity (Wildman–Crippen MR) is 60.2 cm³/mol. The molecule has 0 bridgehead atoms. The molecule has 4 heteroatoms. The minimum atomic E-state index is 0.405. The molecule has 0 fully saturated rings. The van der Waals surface area contributed by atoms with Gasteiger partial charge in [0.25, 0.3) is 0 Å². The molecular formula is C9H9ClN2S. The molecule has 1 aromatic heterocycles. The summed E-state index contributed by atoms with van der Waals surface area (Å²) in [5.41, 5.74) is 14.2. The van der Waals surface area contributed by atoms with Gasteiger partial charge in [-0.3, -0.25) is 0 Å². The molecule has 0 aliphatic carbocycles. The molecule has 0 atom stereocenters. The maximum atomic E-state index is 5.91. The molecule has 68 valence electrons. The van der Waals surface area contributed by atoms with Gasteiger partial charge in [-0.05, 0) is 23.1 Å². The van der Waals surface area contributed by atoms with Gasteiger partial charge in [0.2, 0.25) is 0 Å². The summed E-state index contributed by atoms with van der Waals surface area (Å²) in [6.07, 6.45) is 0. The van der Waals surface area contributed by atoms with Crippen molar-refractivity contribution in [3.8, 4) is 0 Å². The number of benzene rings is 1. The molecule has 0 unspecified atom stereocenters. The zero-order valence-electron chi connectivity index (χ0n) is 6.88. The molecule has 2 nitrogen and oxygen atoms in total. The van der Waals surface area contributed by atoms with Crippen molar-refractivity contribution in [1.82, 2.24) is 0 Å². The van der Waals surface area contributed by atoms with Crippen LogP contribution in [0.5, 0.6) is 0 Å². The van der Waals surface area contributed by atoms with E-state index in [4.69, 9.17) is 23.1 Å². The number of rotatable bonds is 1. The van der Waals surface area contributed by atoms with E-state index in [1.807, 2.05) is 17.5 Å². The van der Waals surface area contributed by atoms with E-state index in [2.05, 4.69) is 0 Å². The molecule has 1 aromatic carbocycles. The topological polar surface area (TPSA) is 52.0 Å². The Labute approximate surface area is 85.1 Å². The Morgan fingerprint density at radius 2 is 2.15 bits per heavy atom.